The summed E-state index contributed by atoms with van der Waals surface area (Å²) < 4.78 is 44.0. The predicted molar refractivity (Wildman–Crippen MR) is 112 cm³/mol. The van der Waals surface area contributed by atoms with Gasteiger partial charge < -0.3 is 9.74 Å². The molecule has 0 aliphatic carbocycles. The van der Waals surface area contributed by atoms with Crippen LogP contribution in [0.4, 0.5) is 18.9 Å². The maximum absolute atomic E-state index is 12.6. The fraction of sp³-hybridized carbons (Fsp3) is 0.476. The summed E-state index contributed by atoms with van der Waals surface area (Å²) in [6.07, 6.45) is -3.00. The third-order valence-corrected chi connectivity index (χ3v) is 5.64. The molecule has 2 rings (SSSR count). The van der Waals surface area contributed by atoms with E-state index in [0.29, 0.717) is 33.4 Å². The molecule has 1 heterocycles. The zero-order valence-corrected chi connectivity index (χ0v) is 19.0. The number of aromatic nitrogens is 1. The summed E-state index contributed by atoms with van der Waals surface area (Å²) in [6, 6.07) is 8.10. The van der Waals surface area contributed by atoms with Crippen molar-refractivity contribution in [1.82, 2.24) is 4.98 Å². The topological polar surface area (TPSA) is 34.1 Å². The van der Waals surface area contributed by atoms with E-state index in [1.165, 1.54) is 6.07 Å². The van der Waals surface area contributed by atoms with E-state index in [1.807, 2.05) is 32.0 Å². The van der Waals surface area contributed by atoms with Gasteiger partial charge in [-0.05, 0) is 49.2 Å². The van der Waals surface area contributed by atoms with Crippen LogP contribution in [0.25, 0.3) is 0 Å². The van der Waals surface area contributed by atoms with Crippen LogP contribution in [0.3, 0.4) is 0 Å². The molecule has 0 amide bonds. The van der Waals surface area contributed by atoms with Gasteiger partial charge in [0.05, 0.1) is 11.2 Å². The molecule has 1 aromatic carbocycles. The van der Waals surface area contributed by atoms with Crippen LogP contribution in [0.2, 0.25) is 10.1 Å². The molecule has 0 aliphatic heterocycles. The number of halogens is 4. The molecule has 1 N–H and O–H groups in total. The molecular formula is C21H26ClF3N2OSi. The van der Waals surface area contributed by atoms with Gasteiger partial charge in [0.2, 0.25) is 9.76 Å². The van der Waals surface area contributed by atoms with Crippen LogP contribution < -0.4 is 5.32 Å². The summed E-state index contributed by atoms with van der Waals surface area (Å²) >= 11 is 6.41. The fourth-order valence-corrected chi connectivity index (χ4v) is 3.52. The second-order valence-corrected chi connectivity index (χ2v) is 10.7. The van der Waals surface area contributed by atoms with Gasteiger partial charge in [-0.1, -0.05) is 32.4 Å². The van der Waals surface area contributed by atoms with Crippen molar-refractivity contribution in [2.75, 3.05) is 11.9 Å². The van der Waals surface area contributed by atoms with Crippen molar-refractivity contribution in [3.05, 3.63) is 58.4 Å². The largest absolute Gasteiger partial charge is 0.417 e. The lowest BCUT2D eigenvalue weighted by atomic mass is 9.98. The molecule has 1 aromatic heterocycles. The molecule has 0 saturated heterocycles. The van der Waals surface area contributed by atoms with E-state index in [4.69, 9.17) is 16.0 Å². The van der Waals surface area contributed by atoms with Crippen LogP contribution in [-0.2, 0) is 22.6 Å². The second-order valence-electron chi connectivity index (χ2n) is 8.37. The van der Waals surface area contributed by atoms with Crippen LogP contribution in [-0.4, -0.2) is 21.3 Å². The highest BCUT2D eigenvalue weighted by atomic mass is 35.5. The Hall–Kier alpha value is -1.57. The highest BCUT2D eigenvalue weighted by Gasteiger charge is 2.30. The van der Waals surface area contributed by atoms with E-state index >= 15 is 0 Å². The highest BCUT2D eigenvalue weighted by Crippen LogP contribution is 2.35. The molecule has 3 nitrogen and oxygen atoms in total. The van der Waals surface area contributed by atoms with Crippen molar-refractivity contribution in [3.63, 3.8) is 0 Å². The lowest BCUT2D eigenvalue weighted by Crippen LogP contribution is -2.28. The van der Waals surface area contributed by atoms with Crippen LogP contribution in [0.1, 0.15) is 51.4 Å². The summed E-state index contributed by atoms with van der Waals surface area (Å²) in [4.78, 5) is 3.89. The average molecular weight is 443 g/mol. The molecule has 0 spiro atoms. The summed E-state index contributed by atoms with van der Waals surface area (Å²) in [6.45, 7) is 10.9. The Labute approximate surface area is 178 Å². The first-order chi connectivity index (χ1) is 13.3. The summed E-state index contributed by atoms with van der Waals surface area (Å²) in [5, 5.41) is 3.97. The first kappa shape index (κ1) is 23.7. The van der Waals surface area contributed by atoms with Gasteiger partial charge in [0, 0.05) is 41.1 Å². The number of rotatable bonds is 7. The summed E-state index contributed by atoms with van der Waals surface area (Å²) in [7, 11) is 0.321. The molecule has 0 bridgehead atoms. The van der Waals surface area contributed by atoms with E-state index in [-0.39, 0.29) is 5.04 Å². The number of hydrogen-bond acceptors (Lipinski definition) is 3. The zero-order valence-electron chi connectivity index (χ0n) is 17.2. The maximum Gasteiger partial charge on any atom is 0.417 e. The van der Waals surface area contributed by atoms with E-state index in [0.717, 1.165) is 23.5 Å². The highest BCUT2D eigenvalue weighted by molar-refractivity contribution is 6.32. The van der Waals surface area contributed by atoms with Gasteiger partial charge in [-0.15, -0.1) is 0 Å². The number of nitrogens with zero attached hydrogens (tertiary/aromatic N) is 1. The van der Waals surface area contributed by atoms with Crippen molar-refractivity contribution < 1.29 is 17.6 Å². The number of nitrogens with one attached hydrogen (secondary N) is 1. The molecule has 0 aliphatic rings. The molecule has 0 saturated carbocycles. The van der Waals surface area contributed by atoms with Gasteiger partial charge >= 0.3 is 6.18 Å². The molecule has 2 radical (unpaired) electrons. The fourth-order valence-electron chi connectivity index (χ4n) is 2.51. The minimum atomic E-state index is -4.37. The Balaban J connectivity index is 2.01. The normalized spacial score (nSPS) is 12.9. The van der Waals surface area contributed by atoms with Crippen LogP contribution in [0.5, 0.6) is 0 Å². The maximum atomic E-state index is 12.6. The standard InChI is InChI=1S/C21H26ClF3N2OSi/c1-19(2,3)29-28-20(4,5)17-12-16(8-9-18(17)22)26-11-10-15-7-6-14(13-27-15)21(23,24)25/h6-9,12-13,26H,10-11H2,1-5H3. The quantitative estimate of drug-likeness (QED) is 0.497. The molecule has 158 valence electrons. The number of benzene rings is 1. The van der Waals surface area contributed by atoms with Gasteiger partial charge in [-0.2, -0.15) is 13.2 Å². The summed E-state index contributed by atoms with van der Waals surface area (Å²) in [5.41, 5.74) is 1.06. The van der Waals surface area contributed by atoms with Gasteiger partial charge in [0.25, 0.3) is 0 Å². The van der Waals surface area contributed by atoms with Crippen molar-refractivity contribution in [2.45, 2.75) is 57.9 Å². The van der Waals surface area contributed by atoms with E-state index in [9.17, 15) is 13.2 Å². The van der Waals surface area contributed by atoms with Crippen LogP contribution in [0.15, 0.2) is 36.5 Å². The number of anilines is 1. The predicted octanol–water partition coefficient (Wildman–Crippen LogP) is 6.50. The molecule has 0 fully saturated rings. The van der Waals surface area contributed by atoms with Gasteiger partial charge in [0.1, 0.15) is 0 Å². The first-order valence-corrected chi connectivity index (χ1v) is 10.6. The first-order valence-electron chi connectivity index (χ1n) is 9.29. The number of alkyl halides is 3. The summed E-state index contributed by atoms with van der Waals surface area (Å²) in [5.74, 6) is 0. The van der Waals surface area contributed by atoms with E-state index in [1.54, 1.807) is 0 Å². The molecule has 0 unspecified atom stereocenters. The number of hydrogen-bond donors (Lipinski definition) is 1. The third kappa shape index (κ3) is 7.32. The Bertz CT molecular complexity index is 818. The molecule has 29 heavy (non-hydrogen) atoms. The van der Waals surface area contributed by atoms with Gasteiger partial charge in [-0.3, -0.25) is 4.98 Å². The Morgan fingerprint density at radius 3 is 2.31 bits per heavy atom. The Morgan fingerprint density at radius 1 is 1.07 bits per heavy atom. The lowest BCUT2D eigenvalue weighted by Gasteiger charge is -2.30. The Kier molecular flexibility index (Phi) is 7.41. The van der Waals surface area contributed by atoms with Gasteiger partial charge in [0.15, 0.2) is 0 Å². The second kappa shape index (κ2) is 9.06. The van der Waals surface area contributed by atoms with Crippen LogP contribution in [0, 0.1) is 0 Å². The van der Waals surface area contributed by atoms with Crippen molar-refractivity contribution in [1.29, 1.82) is 0 Å². The lowest BCUT2D eigenvalue weighted by molar-refractivity contribution is -0.137. The average Bonchev–Trinajstić information content (AvgIpc) is 2.60. The Morgan fingerprint density at radius 2 is 1.76 bits per heavy atom. The van der Waals surface area contributed by atoms with Crippen LogP contribution >= 0.6 is 11.6 Å². The molecule has 8 heteroatoms. The minimum absolute atomic E-state index is 0.0638. The molecule has 2 aromatic rings. The van der Waals surface area contributed by atoms with Crippen molar-refractivity contribution in [2.24, 2.45) is 0 Å². The SMILES string of the molecule is CC(C)(C)[Si]OC(C)(C)c1cc(NCCc2ccc(C(F)(F)F)cn2)ccc1Cl. The van der Waals surface area contributed by atoms with E-state index < -0.39 is 17.3 Å². The van der Waals surface area contributed by atoms with Crippen molar-refractivity contribution >= 4 is 27.1 Å². The third-order valence-electron chi connectivity index (χ3n) is 4.09. The van der Waals surface area contributed by atoms with Gasteiger partial charge in [-0.25, -0.2) is 0 Å². The van der Waals surface area contributed by atoms with E-state index in [2.05, 4.69) is 31.1 Å². The smallest absolute Gasteiger partial charge is 0.408 e. The molecular weight excluding hydrogens is 417 g/mol. The zero-order chi connectivity index (χ0) is 21.9. The molecule has 0 atom stereocenters. The minimum Gasteiger partial charge on any atom is -0.408 e. The monoisotopic (exact) mass is 442 g/mol. The van der Waals surface area contributed by atoms with Crippen molar-refractivity contribution in [3.8, 4) is 0 Å². The number of pyridine rings is 1.